The lowest BCUT2D eigenvalue weighted by Gasteiger charge is -2.18. The van der Waals surface area contributed by atoms with Crippen molar-refractivity contribution in [3.63, 3.8) is 0 Å². The molecule has 0 saturated carbocycles. The fourth-order valence-electron chi connectivity index (χ4n) is 4.19. The van der Waals surface area contributed by atoms with Crippen LogP contribution in [0.15, 0.2) is 83.4 Å². The Labute approximate surface area is 196 Å². The summed E-state index contributed by atoms with van der Waals surface area (Å²) in [5.74, 6) is -0.344. The van der Waals surface area contributed by atoms with Crippen molar-refractivity contribution in [1.82, 2.24) is 4.98 Å². The van der Waals surface area contributed by atoms with Crippen molar-refractivity contribution in [3.05, 3.63) is 101 Å². The van der Waals surface area contributed by atoms with E-state index in [2.05, 4.69) is 22.4 Å². The second kappa shape index (κ2) is 8.90. The van der Waals surface area contributed by atoms with Gasteiger partial charge in [-0.25, -0.2) is 4.79 Å². The van der Waals surface area contributed by atoms with E-state index in [-0.39, 0.29) is 11.6 Å². The van der Waals surface area contributed by atoms with E-state index in [4.69, 9.17) is 9.15 Å². The van der Waals surface area contributed by atoms with E-state index >= 15 is 0 Å². The van der Waals surface area contributed by atoms with Gasteiger partial charge in [0.15, 0.2) is 11.3 Å². The van der Waals surface area contributed by atoms with Gasteiger partial charge in [0.2, 0.25) is 0 Å². The Balaban J connectivity index is 1.55. The topological polar surface area (TPSA) is 84.6 Å². The first-order valence-electron chi connectivity index (χ1n) is 11.1. The molecule has 2 aromatic heterocycles. The molecule has 2 N–H and O–H groups in total. The normalized spacial score (nSPS) is 12.1. The molecular formula is C28H24N2O4. The van der Waals surface area contributed by atoms with E-state index < -0.39 is 5.97 Å². The molecule has 3 aromatic carbocycles. The number of fused-ring (bicyclic) bond motifs is 3. The third-order valence-electron chi connectivity index (χ3n) is 5.82. The van der Waals surface area contributed by atoms with Gasteiger partial charge in [-0.1, -0.05) is 48.5 Å². The van der Waals surface area contributed by atoms with Gasteiger partial charge in [0.1, 0.15) is 17.7 Å². The Kier molecular flexibility index (Phi) is 5.64. The minimum atomic E-state index is -0.974. The van der Waals surface area contributed by atoms with Crippen LogP contribution in [-0.2, 0) is 6.61 Å². The van der Waals surface area contributed by atoms with Crippen molar-refractivity contribution in [2.24, 2.45) is 0 Å². The molecule has 0 bridgehead atoms. The molecule has 170 valence electrons. The molecule has 5 aromatic rings. The number of benzene rings is 3. The number of carboxylic acid groups (broad SMARTS) is 1. The first kappa shape index (κ1) is 21.5. The Morgan fingerprint density at radius 3 is 2.62 bits per heavy atom. The van der Waals surface area contributed by atoms with Crippen molar-refractivity contribution >= 4 is 33.7 Å². The minimum absolute atomic E-state index is 0.211. The molecule has 0 saturated heterocycles. The predicted molar refractivity (Wildman–Crippen MR) is 132 cm³/mol. The second-order valence-electron chi connectivity index (χ2n) is 8.31. The summed E-state index contributed by atoms with van der Waals surface area (Å²) in [6.07, 6.45) is 1.73. The fourth-order valence-corrected chi connectivity index (χ4v) is 4.19. The Bertz CT molecular complexity index is 1490. The summed E-state index contributed by atoms with van der Waals surface area (Å²) < 4.78 is 12.4. The van der Waals surface area contributed by atoms with E-state index in [9.17, 15) is 9.90 Å². The Morgan fingerprint density at radius 2 is 1.82 bits per heavy atom. The van der Waals surface area contributed by atoms with Crippen molar-refractivity contribution in [2.75, 3.05) is 5.32 Å². The van der Waals surface area contributed by atoms with Crippen LogP contribution in [0.5, 0.6) is 5.75 Å². The lowest BCUT2D eigenvalue weighted by molar-refractivity contribution is 0.0698. The Morgan fingerprint density at radius 1 is 1.06 bits per heavy atom. The van der Waals surface area contributed by atoms with Gasteiger partial charge in [0.05, 0.1) is 11.6 Å². The molecule has 6 nitrogen and oxygen atoms in total. The third-order valence-corrected chi connectivity index (χ3v) is 5.82. The average molecular weight is 453 g/mol. The number of nitrogens with one attached hydrogen (secondary N) is 1. The first-order valence-corrected chi connectivity index (χ1v) is 11.1. The van der Waals surface area contributed by atoms with Gasteiger partial charge in [-0.05, 0) is 43.2 Å². The van der Waals surface area contributed by atoms with Crippen LogP contribution in [0.25, 0.3) is 22.1 Å². The number of aromatic carboxylic acids is 1. The number of para-hydroxylation sites is 1. The number of anilines is 1. The standard InChI is InChI=1S/C28H24N2O4/c1-17-14-21(18(2)30-23-11-7-6-10-20(23)28(31)32)26-22(15-17)25-27(34-26)24(12-13-29-25)33-16-19-8-4-3-5-9-19/h3-15,18,30H,16H2,1-2H3,(H,31,32)/t18-/m1/s1. The van der Waals surface area contributed by atoms with E-state index in [0.29, 0.717) is 29.2 Å². The lowest BCUT2D eigenvalue weighted by atomic mass is 10.0. The summed E-state index contributed by atoms with van der Waals surface area (Å²) in [7, 11) is 0. The van der Waals surface area contributed by atoms with Crippen LogP contribution >= 0.6 is 0 Å². The van der Waals surface area contributed by atoms with Crippen LogP contribution in [0, 0.1) is 6.92 Å². The molecule has 0 aliphatic heterocycles. The van der Waals surface area contributed by atoms with Gasteiger partial charge < -0.3 is 19.6 Å². The maximum Gasteiger partial charge on any atom is 0.337 e. The van der Waals surface area contributed by atoms with Gasteiger partial charge in [-0.2, -0.15) is 0 Å². The first-order chi connectivity index (χ1) is 16.5. The van der Waals surface area contributed by atoms with Crippen molar-refractivity contribution in [3.8, 4) is 5.75 Å². The number of hydrogen-bond acceptors (Lipinski definition) is 5. The largest absolute Gasteiger partial charge is 0.485 e. The molecule has 5 rings (SSSR count). The molecule has 1 atom stereocenters. The number of pyridine rings is 1. The SMILES string of the molecule is Cc1cc([C@@H](C)Nc2ccccc2C(=O)O)c2oc3c(OCc4ccccc4)ccnc3c2c1. The van der Waals surface area contributed by atoms with Crippen molar-refractivity contribution in [1.29, 1.82) is 0 Å². The van der Waals surface area contributed by atoms with Crippen molar-refractivity contribution < 1.29 is 19.1 Å². The van der Waals surface area contributed by atoms with E-state index in [1.54, 1.807) is 24.4 Å². The molecular weight excluding hydrogens is 428 g/mol. The molecule has 2 heterocycles. The number of ether oxygens (including phenoxy) is 1. The summed E-state index contributed by atoms with van der Waals surface area (Å²) in [4.78, 5) is 16.2. The number of aryl methyl sites for hydroxylation is 1. The summed E-state index contributed by atoms with van der Waals surface area (Å²) in [6.45, 7) is 4.43. The number of furan rings is 1. The highest BCUT2D eigenvalue weighted by Crippen LogP contribution is 2.38. The monoisotopic (exact) mass is 452 g/mol. The van der Waals surface area contributed by atoms with Crippen molar-refractivity contribution in [2.45, 2.75) is 26.5 Å². The molecule has 0 amide bonds. The highest BCUT2D eigenvalue weighted by Gasteiger charge is 2.20. The minimum Gasteiger partial charge on any atom is -0.485 e. The van der Waals surface area contributed by atoms with E-state index in [1.165, 1.54) is 0 Å². The van der Waals surface area contributed by atoms with Crippen LogP contribution in [0.2, 0.25) is 0 Å². The van der Waals surface area contributed by atoms with Gasteiger partial charge in [-0.3, -0.25) is 4.98 Å². The van der Waals surface area contributed by atoms with Crippen LogP contribution in [0.3, 0.4) is 0 Å². The maximum atomic E-state index is 11.6. The molecule has 0 spiro atoms. The van der Waals surface area contributed by atoms with E-state index in [1.807, 2.05) is 56.3 Å². The highest BCUT2D eigenvalue weighted by atomic mass is 16.5. The number of carbonyl (C=O) groups is 1. The highest BCUT2D eigenvalue weighted by molar-refractivity contribution is 6.05. The van der Waals surface area contributed by atoms with Crippen LogP contribution < -0.4 is 10.1 Å². The molecule has 0 fully saturated rings. The molecule has 34 heavy (non-hydrogen) atoms. The zero-order valence-electron chi connectivity index (χ0n) is 18.9. The second-order valence-corrected chi connectivity index (χ2v) is 8.31. The predicted octanol–water partition coefficient (Wildman–Crippen LogP) is 6.74. The van der Waals surface area contributed by atoms with Gasteiger partial charge in [-0.15, -0.1) is 0 Å². The lowest BCUT2D eigenvalue weighted by Crippen LogP contribution is -2.11. The Hall–Kier alpha value is -4.32. The molecule has 0 unspecified atom stereocenters. The summed E-state index contributed by atoms with van der Waals surface area (Å²) >= 11 is 0. The summed E-state index contributed by atoms with van der Waals surface area (Å²) in [5.41, 5.74) is 5.86. The smallest absolute Gasteiger partial charge is 0.337 e. The third kappa shape index (κ3) is 4.06. The maximum absolute atomic E-state index is 11.6. The van der Waals surface area contributed by atoms with Gasteiger partial charge >= 0.3 is 5.97 Å². The summed E-state index contributed by atoms with van der Waals surface area (Å²) in [5, 5.41) is 13.8. The number of rotatable bonds is 7. The summed E-state index contributed by atoms with van der Waals surface area (Å²) in [6, 6.07) is 22.5. The van der Waals surface area contributed by atoms with Crippen LogP contribution in [0.4, 0.5) is 5.69 Å². The number of nitrogens with zero attached hydrogens (tertiary/aromatic N) is 1. The quantitative estimate of drug-likeness (QED) is 0.284. The van der Waals surface area contributed by atoms with Gasteiger partial charge in [0.25, 0.3) is 0 Å². The molecule has 6 heteroatoms. The molecule has 0 aliphatic carbocycles. The number of aromatic nitrogens is 1. The zero-order valence-corrected chi connectivity index (χ0v) is 18.9. The van der Waals surface area contributed by atoms with Crippen LogP contribution in [0.1, 0.15) is 40.0 Å². The number of carboxylic acids is 1. The molecule has 0 radical (unpaired) electrons. The van der Waals surface area contributed by atoms with E-state index in [0.717, 1.165) is 27.6 Å². The number of hydrogen-bond donors (Lipinski definition) is 2. The zero-order chi connectivity index (χ0) is 23.7. The van der Waals surface area contributed by atoms with Gasteiger partial charge in [0, 0.05) is 28.9 Å². The van der Waals surface area contributed by atoms with Crippen LogP contribution in [-0.4, -0.2) is 16.1 Å². The molecule has 0 aliphatic rings. The average Bonchev–Trinajstić information content (AvgIpc) is 3.22. The fraction of sp³-hybridized carbons (Fsp3) is 0.143.